The van der Waals surface area contributed by atoms with Crippen LogP contribution in [0.3, 0.4) is 0 Å². The number of carbonyl (C=O) groups is 1. The summed E-state index contributed by atoms with van der Waals surface area (Å²) in [5.74, 6) is 0. The minimum absolute atomic E-state index is 0.118. The SMILES string of the molecule is CCc1ccccc1-c1ccc(C2=NNC(=O)OC2C)cc1C(F)(F)F. The molecule has 1 amide bonds. The molecule has 2 aromatic rings. The lowest BCUT2D eigenvalue weighted by molar-refractivity contribution is -0.137. The summed E-state index contributed by atoms with van der Waals surface area (Å²) in [7, 11) is 0. The highest BCUT2D eigenvalue weighted by molar-refractivity contribution is 6.06. The number of halogens is 3. The fourth-order valence-electron chi connectivity index (χ4n) is 3.00. The molecule has 26 heavy (non-hydrogen) atoms. The van der Waals surface area contributed by atoms with Crippen molar-refractivity contribution in [2.24, 2.45) is 5.10 Å². The van der Waals surface area contributed by atoms with Gasteiger partial charge in [0.25, 0.3) is 0 Å². The largest absolute Gasteiger partial charge is 0.439 e. The predicted molar refractivity (Wildman–Crippen MR) is 91.9 cm³/mol. The first-order valence-electron chi connectivity index (χ1n) is 8.15. The highest BCUT2D eigenvalue weighted by Crippen LogP contribution is 2.39. The van der Waals surface area contributed by atoms with Crippen molar-refractivity contribution >= 4 is 11.8 Å². The summed E-state index contributed by atoms with van der Waals surface area (Å²) < 4.78 is 46.2. The number of ether oxygens (including phenoxy) is 1. The molecule has 2 aromatic carbocycles. The van der Waals surface area contributed by atoms with Crippen molar-refractivity contribution in [2.45, 2.75) is 32.5 Å². The maximum absolute atomic E-state index is 13.7. The molecule has 1 aliphatic rings. The minimum Gasteiger partial charge on any atom is -0.439 e. The second kappa shape index (κ2) is 6.82. The monoisotopic (exact) mass is 362 g/mol. The molecule has 0 saturated heterocycles. The van der Waals surface area contributed by atoms with Gasteiger partial charge in [-0.2, -0.15) is 18.3 Å². The quantitative estimate of drug-likeness (QED) is 0.855. The molecule has 1 aliphatic heterocycles. The lowest BCUT2D eigenvalue weighted by atomic mass is 9.91. The van der Waals surface area contributed by atoms with E-state index < -0.39 is 23.9 Å². The number of hydrogen-bond acceptors (Lipinski definition) is 3. The smallest absolute Gasteiger partial charge is 0.428 e. The second-order valence-corrected chi connectivity index (χ2v) is 5.93. The van der Waals surface area contributed by atoms with Crippen LogP contribution < -0.4 is 5.43 Å². The third-order valence-electron chi connectivity index (χ3n) is 4.25. The molecular formula is C19H17F3N2O2. The molecule has 0 aromatic heterocycles. The maximum atomic E-state index is 13.7. The summed E-state index contributed by atoms with van der Waals surface area (Å²) in [6.45, 7) is 3.46. The van der Waals surface area contributed by atoms with E-state index in [0.29, 0.717) is 12.0 Å². The normalized spacial score (nSPS) is 17.3. The van der Waals surface area contributed by atoms with Crippen LogP contribution in [0.2, 0.25) is 0 Å². The summed E-state index contributed by atoms with van der Waals surface area (Å²) >= 11 is 0. The van der Waals surface area contributed by atoms with Crippen LogP contribution >= 0.6 is 0 Å². The molecule has 0 aliphatic carbocycles. The zero-order valence-electron chi connectivity index (χ0n) is 14.2. The Morgan fingerprint density at radius 1 is 1.15 bits per heavy atom. The number of nitrogens with zero attached hydrogens (tertiary/aromatic N) is 1. The number of hydrogen-bond donors (Lipinski definition) is 1. The standard InChI is InChI=1S/C19H17F3N2O2/c1-3-12-6-4-5-7-14(12)15-9-8-13(10-16(15)19(20,21)22)17-11(2)26-18(25)24-23-17/h4-11H,3H2,1-2H3,(H,24,25). The molecule has 0 bridgehead atoms. The van der Waals surface area contributed by atoms with E-state index in [1.807, 2.05) is 19.1 Å². The minimum atomic E-state index is -4.53. The van der Waals surface area contributed by atoms with E-state index in [1.165, 1.54) is 6.07 Å². The molecule has 0 saturated carbocycles. The number of rotatable bonds is 3. The highest BCUT2D eigenvalue weighted by atomic mass is 19.4. The second-order valence-electron chi connectivity index (χ2n) is 5.93. The lowest BCUT2D eigenvalue weighted by Gasteiger charge is -2.22. The van der Waals surface area contributed by atoms with Gasteiger partial charge in [-0.25, -0.2) is 10.2 Å². The van der Waals surface area contributed by atoms with E-state index in [4.69, 9.17) is 4.74 Å². The van der Waals surface area contributed by atoms with Crippen LogP contribution in [0.25, 0.3) is 11.1 Å². The number of amides is 1. The molecule has 1 unspecified atom stereocenters. The van der Waals surface area contributed by atoms with Crippen LogP contribution in [0.15, 0.2) is 47.6 Å². The molecule has 136 valence electrons. The van der Waals surface area contributed by atoms with Crippen LogP contribution in [-0.4, -0.2) is 17.9 Å². The van der Waals surface area contributed by atoms with Gasteiger partial charge in [0.15, 0.2) is 0 Å². The Kier molecular flexibility index (Phi) is 4.71. The van der Waals surface area contributed by atoms with Gasteiger partial charge in [0.05, 0.1) is 5.56 Å². The van der Waals surface area contributed by atoms with Gasteiger partial charge >= 0.3 is 12.3 Å². The number of carbonyl (C=O) groups excluding carboxylic acids is 1. The van der Waals surface area contributed by atoms with Crippen LogP contribution in [-0.2, 0) is 17.3 Å². The summed E-state index contributed by atoms with van der Waals surface area (Å²) in [4.78, 5) is 11.2. The van der Waals surface area contributed by atoms with Gasteiger partial charge in [0.2, 0.25) is 0 Å². The van der Waals surface area contributed by atoms with Crippen molar-refractivity contribution in [3.8, 4) is 11.1 Å². The highest BCUT2D eigenvalue weighted by Gasteiger charge is 2.35. The molecule has 0 spiro atoms. The Labute approximate surface area is 148 Å². The third-order valence-corrected chi connectivity index (χ3v) is 4.25. The summed E-state index contributed by atoms with van der Waals surface area (Å²) in [6.07, 6.45) is -5.38. The molecule has 1 atom stereocenters. The van der Waals surface area contributed by atoms with Gasteiger partial charge in [-0.15, -0.1) is 0 Å². The first kappa shape index (κ1) is 18.0. The molecule has 0 fully saturated rings. The summed E-state index contributed by atoms with van der Waals surface area (Å²) in [5.41, 5.74) is 3.38. The van der Waals surface area contributed by atoms with E-state index in [-0.39, 0.29) is 16.8 Å². The van der Waals surface area contributed by atoms with Gasteiger partial charge in [-0.05, 0) is 36.1 Å². The van der Waals surface area contributed by atoms with E-state index >= 15 is 0 Å². The van der Waals surface area contributed by atoms with E-state index in [1.54, 1.807) is 25.1 Å². The Bertz CT molecular complexity index is 875. The zero-order valence-corrected chi connectivity index (χ0v) is 14.2. The van der Waals surface area contributed by atoms with Gasteiger partial charge in [-0.1, -0.05) is 43.3 Å². The third kappa shape index (κ3) is 3.42. The van der Waals surface area contributed by atoms with Crippen molar-refractivity contribution < 1.29 is 22.7 Å². The number of cyclic esters (lactones) is 1. The molecule has 3 rings (SSSR count). The molecule has 4 nitrogen and oxygen atoms in total. The average Bonchev–Trinajstić information content (AvgIpc) is 2.60. The molecule has 7 heteroatoms. The van der Waals surface area contributed by atoms with Crippen molar-refractivity contribution in [2.75, 3.05) is 0 Å². The van der Waals surface area contributed by atoms with E-state index in [2.05, 4.69) is 10.5 Å². The maximum Gasteiger partial charge on any atom is 0.428 e. The average molecular weight is 362 g/mol. The number of nitrogens with one attached hydrogen (secondary N) is 1. The molecular weight excluding hydrogens is 345 g/mol. The Balaban J connectivity index is 2.15. The zero-order chi connectivity index (χ0) is 18.9. The number of alkyl halides is 3. The lowest BCUT2D eigenvalue weighted by Crippen LogP contribution is -2.37. The van der Waals surface area contributed by atoms with E-state index in [0.717, 1.165) is 11.6 Å². The Morgan fingerprint density at radius 2 is 1.88 bits per heavy atom. The van der Waals surface area contributed by atoms with Crippen LogP contribution in [0.1, 0.15) is 30.5 Å². The van der Waals surface area contributed by atoms with Crippen molar-refractivity contribution in [3.05, 3.63) is 59.2 Å². The molecule has 0 radical (unpaired) electrons. The Morgan fingerprint density at radius 3 is 2.54 bits per heavy atom. The fraction of sp³-hybridized carbons (Fsp3) is 0.263. The first-order chi connectivity index (χ1) is 12.3. The van der Waals surface area contributed by atoms with Crippen molar-refractivity contribution in [3.63, 3.8) is 0 Å². The van der Waals surface area contributed by atoms with Crippen LogP contribution in [0.5, 0.6) is 0 Å². The molecule has 1 heterocycles. The predicted octanol–water partition coefficient (Wildman–Crippen LogP) is 4.77. The van der Waals surface area contributed by atoms with Crippen LogP contribution in [0, 0.1) is 0 Å². The number of benzene rings is 2. The Hall–Kier alpha value is -2.83. The number of hydrazone groups is 1. The van der Waals surface area contributed by atoms with Gasteiger partial charge in [0, 0.05) is 5.56 Å². The fourth-order valence-corrected chi connectivity index (χ4v) is 3.00. The van der Waals surface area contributed by atoms with Crippen molar-refractivity contribution in [1.29, 1.82) is 0 Å². The molecule has 1 N–H and O–H groups in total. The van der Waals surface area contributed by atoms with Gasteiger partial charge < -0.3 is 4.74 Å². The van der Waals surface area contributed by atoms with Gasteiger partial charge in [0.1, 0.15) is 11.8 Å². The van der Waals surface area contributed by atoms with Gasteiger partial charge in [-0.3, -0.25) is 0 Å². The number of aryl methyl sites for hydroxylation is 1. The van der Waals surface area contributed by atoms with E-state index in [9.17, 15) is 18.0 Å². The summed E-state index contributed by atoms with van der Waals surface area (Å²) in [5, 5.41) is 3.85. The van der Waals surface area contributed by atoms with Crippen LogP contribution in [0.4, 0.5) is 18.0 Å². The topological polar surface area (TPSA) is 50.7 Å². The first-order valence-corrected chi connectivity index (χ1v) is 8.15. The summed E-state index contributed by atoms with van der Waals surface area (Å²) in [6, 6.07) is 11.1. The van der Waals surface area contributed by atoms with Crippen molar-refractivity contribution in [1.82, 2.24) is 5.43 Å².